The molecule has 2 saturated carbocycles. The predicted octanol–water partition coefficient (Wildman–Crippen LogP) is 7.28. The third-order valence-electron chi connectivity index (χ3n) is 10.8. The first-order chi connectivity index (χ1) is 28.7. The summed E-state index contributed by atoms with van der Waals surface area (Å²) in [4.78, 5) is 33.9. The van der Waals surface area contributed by atoms with Crippen LogP contribution >= 0.6 is 22.7 Å². The summed E-state index contributed by atoms with van der Waals surface area (Å²) < 4.78 is 59.8. The number of rotatable bonds is 8. The second kappa shape index (κ2) is 17.9. The lowest BCUT2D eigenvalue weighted by molar-refractivity contribution is 0.101. The van der Waals surface area contributed by atoms with Crippen LogP contribution in [0.2, 0.25) is 0 Å². The zero-order valence-corrected chi connectivity index (χ0v) is 34.4. The highest BCUT2D eigenvalue weighted by Gasteiger charge is 2.30. The summed E-state index contributed by atoms with van der Waals surface area (Å²) in [6.07, 6.45) is 10.7. The molecule has 8 rings (SSSR count). The second-order valence-electron chi connectivity index (χ2n) is 14.9. The van der Waals surface area contributed by atoms with Crippen LogP contribution in [-0.2, 0) is 14.1 Å². The Morgan fingerprint density at radius 3 is 1.37 bits per heavy atom. The van der Waals surface area contributed by atoms with Gasteiger partial charge >= 0.3 is 0 Å². The number of carbonyl (C=O) groups is 2. The molecular formula is C40H44F4N12O2S2. The van der Waals surface area contributed by atoms with Crippen LogP contribution in [0.5, 0.6) is 0 Å². The first kappa shape index (κ1) is 42.4. The van der Waals surface area contributed by atoms with Crippen molar-refractivity contribution in [2.45, 2.75) is 75.3 Å². The minimum atomic E-state index is -0.765. The van der Waals surface area contributed by atoms with Gasteiger partial charge in [0.2, 0.25) is 0 Å². The zero-order chi connectivity index (χ0) is 42.8. The van der Waals surface area contributed by atoms with E-state index in [4.69, 9.17) is 22.9 Å². The summed E-state index contributed by atoms with van der Waals surface area (Å²) in [6.45, 7) is 0. The molecule has 2 aliphatic carbocycles. The summed E-state index contributed by atoms with van der Waals surface area (Å²) in [5, 5.41) is 14.3. The van der Waals surface area contributed by atoms with Gasteiger partial charge in [-0.1, -0.05) is 47.6 Å². The van der Waals surface area contributed by atoms with Crippen LogP contribution in [0.3, 0.4) is 0 Å². The molecule has 10 N–H and O–H groups in total. The van der Waals surface area contributed by atoms with Crippen molar-refractivity contribution in [1.29, 1.82) is 0 Å². The van der Waals surface area contributed by atoms with Crippen LogP contribution in [0.25, 0.3) is 21.1 Å². The maximum Gasteiger partial charge on any atom is 0.277 e. The van der Waals surface area contributed by atoms with Gasteiger partial charge in [0.25, 0.3) is 11.8 Å². The van der Waals surface area contributed by atoms with Gasteiger partial charge in [-0.15, -0.1) is 0 Å². The average molecular weight is 865 g/mol. The summed E-state index contributed by atoms with van der Waals surface area (Å²) in [7, 11) is 3.64. The Balaban J connectivity index is 0.000000181. The molecule has 2 aromatic carbocycles. The number of nitrogen functional groups attached to an aromatic ring is 2. The van der Waals surface area contributed by atoms with Gasteiger partial charge in [-0.25, -0.2) is 27.5 Å². The average Bonchev–Trinajstić information content (AvgIpc) is 3.97. The maximum absolute atomic E-state index is 14.1. The monoisotopic (exact) mass is 864 g/mol. The number of carbonyl (C=O) groups excluding carboxylic acids is 2. The Morgan fingerprint density at radius 2 is 1.02 bits per heavy atom. The second-order valence-corrected chi connectivity index (χ2v) is 17.0. The van der Waals surface area contributed by atoms with Crippen molar-refractivity contribution in [3.63, 3.8) is 0 Å². The zero-order valence-electron chi connectivity index (χ0n) is 32.7. The molecule has 0 saturated heterocycles. The molecule has 20 heteroatoms. The fourth-order valence-electron chi connectivity index (χ4n) is 7.98. The Kier molecular flexibility index (Phi) is 12.6. The standard InChI is InChI=1S/2C20H22F2N6OS/c2*1-28-17(10-4-2-5-11(23)8-10)14(9-25-28)26-19(29)16-18(24)30-20(27-16)15-12(21)6-3-7-13(15)22/h2*3,6-7,9-11H,2,4-5,8,23-24H2,1H3,(H,26,29)/t2*10-,11+/m10/s1. The molecule has 2 fully saturated rings. The van der Waals surface area contributed by atoms with Gasteiger partial charge in [-0.2, -0.15) is 10.2 Å². The number of aryl methyl sites for hydroxylation is 2. The van der Waals surface area contributed by atoms with Gasteiger partial charge in [0.1, 0.15) is 43.3 Å². The number of nitrogens with one attached hydrogen (secondary N) is 2. The number of benzene rings is 2. The van der Waals surface area contributed by atoms with Crippen molar-refractivity contribution in [3.05, 3.63) is 94.8 Å². The van der Waals surface area contributed by atoms with Gasteiger partial charge in [0, 0.05) is 38.0 Å². The number of amides is 2. The van der Waals surface area contributed by atoms with Crippen LogP contribution < -0.4 is 33.6 Å². The Morgan fingerprint density at radius 1 is 0.650 bits per heavy atom. The number of thiazole rings is 2. The highest BCUT2D eigenvalue weighted by molar-refractivity contribution is 7.19. The number of nitrogens with two attached hydrogens (primary N) is 4. The van der Waals surface area contributed by atoms with E-state index in [0.29, 0.717) is 11.4 Å². The summed E-state index contributed by atoms with van der Waals surface area (Å²) in [6, 6.07) is 7.29. The fourth-order valence-corrected chi connectivity index (χ4v) is 9.73. The minimum absolute atomic E-state index is 0.0120. The van der Waals surface area contributed by atoms with E-state index >= 15 is 0 Å². The third kappa shape index (κ3) is 8.91. The normalized spacial score (nSPS) is 19.1. The molecular weight excluding hydrogens is 821 g/mol. The van der Waals surface area contributed by atoms with Crippen molar-refractivity contribution in [2.75, 3.05) is 22.1 Å². The van der Waals surface area contributed by atoms with Crippen molar-refractivity contribution < 1.29 is 27.2 Å². The lowest BCUT2D eigenvalue weighted by Gasteiger charge is -2.27. The molecule has 0 aliphatic heterocycles. The molecule has 316 valence electrons. The SMILES string of the molecule is Cn1ncc(NC(=O)c2nc(-c3c(F)cccc3F)sc2N)c1[C@@H]1CCC[C@H](N)C1.Cn1ncc(NC(=O)c2nc(-c3c(F)cccc3F)sc2N)c1[C@H]1CCC[C@@H](N)C1. The highest BCUT2D eigenvalue weighted by Crippen LogP contribution is 2.39. The largest absolute Gasteiger partial charge is 0.389 e. The van der Waals surface area contributed by atoms with Gasteiger partial charge in [-0.3, -0.25) is 19.0 Å². The smallest absolute Gasteiger partial charge is 0.277 e. The predicted molar refractivity (Wildman–Crippen MR) is 224 cm³/mol. The van der Waals surface area contributed by atoms with E-state index in [2.05, 4.69) is 30.8 Å². The summed E-state index contributed by atoms with van der Waals surface area (Å²) in [5.74, 6) is -3.79. The van der Waals surface area contributed by atoms with Gasteiger partial charge in [0.05, 0.1) is 46.3 Å². The van der Waals surface area contributed by atoms with Crippen molar-refractivity contribution in [2.24, 2.45) is 25.6 Å². The van der Waals surface area contributed by atoms with Gasteiger partial charge in [0.15, 0.2) is 11.4 Å². The van der Waals surface area contributed by atoms with E-state index in [9.17, 15) is 27.2 Å². The summed E-state index contributed by atoms with van der Waals surface area (Å²) in [5.41, 5.74) is 26.3. The molecule has 60 heavy (non-hydrogen) atoms. The van der Waals surface area contributed by atoms with E-state index in [1.807, 2.05) is 14.1 Å². The first-order valence-corrected chi connectivity index (χ1v) is 20.9. The van der Waals surface area contributed by atoms with Crippen molar-refractivity contribution >= 4 is 55.9 Å². The van der Waals surface area contributed by atoms with E-state index in [-0.39, 0.29) is 66.5 Å². The number of nitrogens with zero attached hydrogens (tertiary/aromatic N) is 6. The van der Waals surface area contributed by atoms with E-state index in [1.54, 1.807) is 21.8 Å². The lowest BCUT2D eigenvalue weighted by Crippen LogP contribution is -2.28. The molecule has 2 aliphatic rings. The first-order valence-electron chi connectivity index (χ1n) is 19.3. The highest BCUT2D eigenvalue weighted by atomic mass is 32.1. The fraction of sp³-hybridized carbons (Fsp3) is 0.350. The minimum Gasteiger partial charge on any atom is -0.389 e. The molecule has 4 atom stereocenters. The van der Waals surface area contributed by atoms with Gasteiger partial charge in [-0.05, 0) is 62.8 Å². The molecule has 6 aromatic rings. The van der Waals surface area contributed by atoms with E-state index in [0.717, 1.165) is 110 Å². The number of hydrogen-bond acceptors (Lipinski definition) is 12. The molecule has 2 amide bonds. The Hall–Kier alpha value is -5.70. The van der Waals surface area contributed by atoms with Gasteiger partial charge < -0.3 is 33.6 Å². The Bertz CT molecular complexity index is 2320. The number of anilines is 4. The van der Waals surface area contributed by atoms with Crippen LogP contribution in [0.15, 0.2) is 48.8 Å². The molecule has 4 aromatic heterocycles. The molecule has 4 heterocycles. The topological polar surface area (TPSA) is 224 Å². The number of aromatic nitrogens is 6. The van der Waals surface area contributed by atoms with Crippen LogP contribution in [0, 0.1) is 23.3 Å². The van der Waals surface area contributed by atoms with Crippen LogP contribution in [-0.4, -0.2) is 53.4 Å². The Labute approximate surface area is 350 Å². The van der Waals surface area contributed by atoms with Crippen molar-refractivity contribution in [3.8, 4) is 21.1 Å². The maximum atomic E-state index is 14.1. The lowest BCUT2D eigenvalue weighted by atomic mass is 9.83. The van der Waals surface area contributed by atoms with Crippen molar-refractivity contribution in [1.82, 2.24) is 29.5 Å². The number of hydrogen-bond donors (Lipinski definition) is 6. The molecule has 0 bridgehead atoms. The molecule has 0 radical (unpaired) electrons. The summed E-state index contributed by atoms with van der Waals surface area (Å²) >= 11 is 1.72. The van der Waals surface area contributed by atoms with Crippen LogP contribution in [0.4, 0.5) is 38.9 Å². The number of halogens is 4. The van der Waals surface area contributed by atoms with E-state index < -0.39 is 35.1 Å². The third-order valence-corrected chi connectivity index (χ3v) is 12.6. The quantitative estimate of drug-likeness (QED) is 0.0839. The van der Waals surface area contributed by atoms with Crippen LogP contribution in [0.1, 0.15) is 95.6 Å². The van der Waals surface area contributed by atoms with E-state index in [1.165, 1.54) is 12.1 Å². The molecule has 0 unspecified atom stereocenters. The molecule has 0 spiro atoms. The molecule has 14 nitrogen and oxygen atoms in total.